The predicted octanol–water partition coefficient (Wildman–Crippen LogP) is 2.24. The molecule has 0 heterocycles. The van der Waals surface area contributed by atoms with Crippen LogP contribution >= 0.6 is 0 Å². The van der Waals surface area contributed by atoms with Gasteiger partial charge in [-0.1, -0.05) is 36.9 Å². The van der Waals surface area contributed by atoms with Gasteiger partial charge < -0.3 is 10.2 Å². The Kier molecular flexibility index (Phi) is 6.90. The number of hydrogen-bond donors (Lipinski definition) is 1. The number of nitrogens with one attached hydrogen (secondary N) is 1. The largest absolute Gasteiger partial charge is 0.350 e. The molecule has 1 amide bonds. The second-order valence-electron chi connectivity index (χ2n) is 5.04. The van der Waals surface area contributed by atoms with Gasteiger partial charge in [-0.25, -0.2) is 0 Å². The summed E-state index contributed by atoms with van der Waals surface area (Å²) < 4.78 is 0. The maximum atomic E-state index is 11.5. The van der Waals surface area contributed by atoms with Crippen molar-refractivity contribution in [2.75, 3.05) is 20.6 Å². The summed E-state index contributed by atoms with van der Waals surface area (Å²) in [5, 5.41) is 3.01. The third-order valence-corrected chi connectivity index (χ3v) is 3.01. The summed E-state index contributed by atoms with van der Waals surface area (Å²) in [5.41, 5.74) is 1.25. The molecular formula is C16H24N2O. The van der Waals surface area contributed by atoms with Gasteiger partial charge >= 0.3 is 0 Å². The van der Waals surface area contributed by atoms with E-state index in [0.29, 0.717) is 0 Å². The molecule has 3 heteroatoms. The summed E-state index contributed by atoms with van der Waals surface area (Å²) in [6.07, 6.45) is 4.26. The molecule has 104 valence electrons. The van der Waals surface area contributed by atoms with E-state index >= 15 is 0 Å². The molecule has 3 nitrogen and oxygen atoms in total. The van der Waals surface area contributed by atoms with Crippen molar-refractivity contribution in [3.8, 4) is 0 Å². The Morgan fingerprint density at radius 3 is 2.63 bits per heavy atom. The van der Waals surface area contributed by atoms with E-state index in [4.69, 9.17) is 0 Å². The van der Waals surface area contributed by atoms with Crippen molar-refractivity contribution in [1.82, 2.24) is 10.2 Å². The molecule has 0 aliphatic heterocycles. The minimum atomic E-state index is -0.0919. The summed E-state index contributed by atoms with van der Waals surface area (Å²) in [4.78, 5) is 13.6. The van der Waals surface area contributed by atoms with E-state index in [9.17, 15) is 4.79 Å². The highest BCUT2D eigenvalue weighted by atomic mass is 16.1. The maximum absolute atomic E-state index is 11.5. The number of benzene rings is 1. The minimum Gasteiger partial charge on any atom is -0.350 e. The van der Waals surface area contributed by atoms with E-state index in [2.05, 4.69) is 43.0 Å². The SMILES string of the molecule is C=CC(=O)NC(CCCN(C)C)Cc1ccccc1. The van der Waals surface area contributed by atoms with Crippen molar-refractivity contribution >= 4 is 5.91 Å². The third-order valence-electron chi connectivity index (χ3n) is 3.01. The van der Waals surface area contributed by atoms with Gasteiger partial charge in [0.2, 0.25) is 5.91 Å². The Morgan fingerprint density at radius 2 is 2.05 bits per heavy atom. The Hall–Kier alpha value is -1.61. The molecule has 1 rings (SSSR count). The van der Waals surface area contributed by atoms with Crippen LogP contribution in [0.2, 0.25) is 0 Å². The summed E-state index contributed by atoms with van der Waals surface area (Å²) in [6.45, 7) is 4.55. The molecule has 1 unspecified atom stereocenters. The first kappa shape index (κ1) is 15.4. The van der Waals surface area contributed by atoms with Crippen LogP contribution in [0.15, 0.2) is 43.0 Å². The smallest absolute Gasteiger partial charge is 0.243 e. The van der Waals surface area contributed by atoms with Crippen LogP contribution in [0.1, 0.15) is 18.4 Å². The molecule has 0 fully saturated rings. The topological polar surface area (TPSA) is 32.3 Å². The number of nitrogens with zero attached hydrogens (tertiary/aromatic N) is 1. The van der Waals surface area contributed by atoms with Crippen molar-refractivity contribution in [1.29, 1.82) is 0 Å². The van der Waals surface area contributed by atoms with Crippen molar-refractivity contribution in [2.24, 2.45) is 0 Å². The molecule has 0 aromatic heterocycles. The van der Waals surface area contributed by atoms with Gasteiger partial charge in [0.05, 0.1) is 0 Å². The van der Waals surface area contributed by atoms with Crippen LogP contribution in [0.25, 0.3) is 0 Å². The van der Waals surface area contributed by atoms with Crippen LogP contribution in [0.4, 0.5) is 0 Å². The molecule has 19 heavy (non-hydrogen) atoms. The van der Waals surface area contributed by atoms with E-state index in [1.807, 2.05) is 18.2 Å². The Bertz CT molecular complexity index is 387. The van der Waals surface area contributed by atoms with E-state index in [1.54, 1.807) is 0 Å². The second-order valence-corrected chi connectivity index (χ2v) is 5.04. The standard InChI is InChI=1S/C16H24N2O/c1-4-16(19)17-15(11-8-12-18(2)3)13-14-9-6-5-7-10-14/h4-7,9-10,15H,1,8,11-13H2,2-3H3,(H,17,19). The van der Waals surface area contributed by atoms with Gasteiger partial charge in [0.1, 0.15) is 0 Å². The summed E-state index contributed by atoms with van der Waals surface area (Å²) in [6, 6.07) is 10.4. The van der Waals surface area contributed by atoms with Crippen LogP contribution in [0.3, 0.4) is 0 Å². The maximum Gasteiger partial charge on any atom is 0.243 e. The molecule has 0 bridgehead atoms. The summed E-state index contributed by atoms with van der Waals surface area (Å²) in [5.74, 6) is -0.0919. The molecule has 0 aliphatic carbocycles. The third kappa shape index (κ3) is 6.77. The average Bonchev–Trinajstić information content (AvgIpc) is 2.39. The van der Waals surface area contributed by atoms with Gasteiger partial charge in [-0.3, -0.25) is 4.79 Å². The van der Waals surface area contributed by atoms with E-state index in [-0.39, 0.29) is 11.9 Å². The zero-order valence-electron chi connectivity index (χ0n) is 11.9. The lowest BCUT2D eigenvalue weighted by atomic mass is 10.0. The lowest BCUT2D eigenvalue weighted by Crippen LogP contribution is -2.35. The minimum absolute atomic E-state index is 0.0919. The molecule has 0 saturated heterocycles. The molecule has 0 saturated carbocycles. The molecule has 1 aromatic carbocycles. The second kappa shape index (κ2) is 8.48. The summed E-state index contributed by atoms with van der Waals surface area (Å²) in [7, 11) is 4.13. The first-order valence-corrected chi connectivity index (χ1v) is 6.73. The van der Waals surface area contributed by atoms with Gasteiger partial charge in [-0.15, -0.1) is 0 Å². The highest BCUT2D eigenvalue weighted by molar-refractivity contribution is 5.87. The van der Waals surface area contributed by atoms with Crippen molar-refractivity contribution in [3.05, 3.63) is 48.6 Å². The lowest BCUT2D eigenvalue weighted by Gasteiger charge is -2.19. The molecule has 1 N–H and O–H groups in total. The number of carbonyl (C=O) groups is 1. The fraction of sp³-hybridized carbons (Fsp3) is 0.438. The fourth-order valence-corrected chi connectivity index (χ4v) is 2.04. The van der Waals surface area contributed by atoms with Gasteiger partial charge in [0, 0.05) is 6.04 Å². The van der Waals surface area contributed by atoms with Crippen LogP contribution < -0.4 is 5.32 Å². The van der Waals surface area contributed by atoms with E-state index < -0.39 is 0 Å². The van der Waals surface area contributed by atoms with Gasteiger partial charge in [0.25, 0.3) is 0 Å². The molecule has 1 atom stereocenters. The number of carbonyl (C=O) groups excluding carboxylic acids is 1. The van der Waals surface area contributed by atoms with Crippen molar-refractivity contribution < 1.29 is 4.79 Å². The molecular weight excluding hydrogens is 236 g/mol. The van der Waals surface area contributed by atoms with Crippen LogP contribution in [-0.2, 0) is 11.2 Å². The molecule has 0 radical (unpaired) electrons. The van der Waals surface area contributed by atoms with Crippen LogP contribution in [0.5, 0.6) is 0 Å². The van der Waals surface area contributed by atoms with Gasteiger partial charge in [-0.05, 0) is 51.5 Å². The zero-order valence-corrected chi connectivity index (χ0v) is 11.9. The van der Waals surface area contributed by atoms with Gasteiger partial charge in [0.15, 0.2) is 0 Å². The van der Waals surface area contributed by atoms with Crippen LogP contribution in [-0.4, -0.2) is 37.5 Å². The first-order chi connectivity index (χ1) is 9.11. The lowest BCUT2D eigenvalue weighted by molar-refractivity contribution is -0.117. The summed E-state index contributed by atoms with van der Waals surface area (Å²) >= 11 is 0. The normalized spacial score (nSPS) is 12.2. The van der Waals surface area contributed by atoms with Crippen molar-refractivity contribution in [3.63, 3.8) is 0 Å². The van der Waals surface area contributed by atoms with Crippen LogP contribution in [0, 0.1) is 0 Å². The fourth-order valence-electron chi connectivity index (χ4n) is 2.04. The number of amides is 1. The first-order valence-electron chi connectivity index (χ1n) is 6.73. The Morgan fingerprint density at radius 1 is 1.37 bits per heavy atom. The quantitative estimate of drug-likeness (QED) is 0.727. The molecule has 0 aliphatic rings. The molecule has 0 spiro atoms. The monoisotopic (exact) mass is 260 g/mol. The predicted molar refractivity (Wildman–Crippen MR) is 80.1 cm³/mol. The Balaban J connectivity index is 2.53. The zero-order chi connectivity index (χ0) is 14.1. The average molecular weight is 260 g/mol. The highest BCUT2D eigenvalue weighted by Crippen LogP contribution is 2.08. The molecule has 1 aromatic rings. The van der Waals surface area contributed by atoms with Crippen molar-refractivity contribution in [2.45, 2.75) is 25.3 Å². The number of hydrogen-bond acceptors (Lipinski definition) is 2. The van der Waals surface area contributed by atoms with Gasteiger partial charge in [-0.2, -0.15) is 0 Å². The highest BCUT2D eigenvalue weighted by Gasteiger charge is 2.11. The number of rotatable bonds is 8. The van der Waals surface area contributed by atoms with E-state index in [1.165, 1.54) is 11.6 Å². The van der Waals surface area contributed by atoms with E-state index in [0.717, 1.165) is 25.8 Å². The Labute approximate surface area is 116 Å².